The fourth-order valence-corrected chi connectivity index (χ4v) is 2.48. The highest BCUT2D eigenvalue weighted by molar-refractivity contribution is 7.84. The van der Waals surface area contributed by atoms with Gasteiger partial charge in [-0.3, -0.25) is 14.0 Å². The van der Waals surface area contributed by atoms with Gasteiger partial charge in [-0.2, -0.15) is 0 Å². The zero-order valence-electron chi connectivity index (χ0n) is 11.9. The van der Waals surface area contributed by atoms with Crippen molar-refractivity contribution in [3.05, 3.63) is 54.0 Å². The molecule has 0 spiro atoms. The molecular weight excluding hydrogens is 286 g/mol. The molecule has 5 nitrogen and oxygen atoms in total. The van der Waals surface area contributed by atoms with Crippen molar-refractivity contribution in [1.29, 1.82) is 0 Å². The molecule has 6 heteroatoms. The van der Waals surface area contributed by atoms with Crippen molar-refractivity contribution < 1.29 is 9.00 Å². The van der Waals surface area contributed by atoms with Crippen molar-refractivity contribution in [1.82, 2.24) is 15.3 Å². The van der Waals surface area contributed by atoms with Crippen LogP contribution in [0.5, 0.6) is 0 Å². The fraction of sp³-hybridized carbons (Fsp3) is 0.267. The average molecular weight is 303 g/mol. The molecule has 0 saturated heterocycles. The summed E-state index contributed by atoms with van der Waals surface area (Å²) < 4.78 is 11.5. The largest absolute Gasteiger partial charge is 0.345 e. The first-order chi connectivity index (χ1) is 10.1. The Morgan fingerprint density at radius 2 is 2.00 bits per heavy atom. The summed E-state index contributed by atoms with van der Waals surface area (Å²) in [5.41, 5.74) is 1.47. The Kier molecular flexibility index (Phi) is 5.16. The maximum Gasteiger partial charge on any atom is 0.251 e. The lowest BCUT2D eigenvalue weighted by Crippen LogP contribution is -2.28. The van der Waals surface area contributed by atoms with E-state index in [2.05, 4.69) is 15.3 Å². The monoisotopic (exact) mass is 303 g/mol. The van der Waals surface area contributed by atoms with Gasteiger partial charge in [0.25, 0.3) is 5.91 Å². The number of hydrogen-bond donors (Lipinski definition) is 1. The second-order valence-corrected chi connectivity index (χ2v) is 5.88. The first-order valence-corrected chi connectivity index (χ1v) is 8.18. The molecule has 110 valence electrons. The zero-order chi connectivity index (χ0) is 15.2. The lowest BCUT2D eigenvalue weighted by molar-refractivity contribution is 0.0935. The van der Waals surface area contributed by atoms with E-state index in [1.165, 1.54) is 0 Å². The van der Waals surface area contributed by atoms with Crippen LogP contribution >= 0.6 is 0 Å². The summed E-state index contributed by atoms with van der Waals surface area (Å²) in [5, 5.41) is 3.49. The normalized spacial score (nSPS) is 13.4. The topological polar surface area (TPSA) is 72.0 Å². The fourth-order valence-electron chi connectivity index (χ4n) is 1.96. The number of pyridine rings is 2. The maximum atomic E-state index is 12.2. The molecule has 0 saturated carbocycles. The molecule has 0 aliphatic heterocycles. The molecule has 2 aromatic rings. The van der Waals surface area contributed by atoms with Crippen LogP contribution in [0.3, 0.4) is 0 Å². The minimum atomic E-state index is -1.14. The molecule has 1 N–H and O–H groups in total. The van der Waals surface area contributed by atoms with Gasteiger partial charge in [-0.15, -0.1) is 0 Å². The summed E-state index contributed by atoms with van der Waals surface area (Å²) in [5.74, 6) is -0.153. The number of rotatable bonds is 5. The third-order valence-corrected chi connectivity index (χ3v) is 3.92. The molecule has 0 unspecified atom stereocenters. The lowest BCUT2D eigenvalue weighted by Gasteiger charge is -2.17. The van der Waals surface area contributed by atoms with Crippen LogP contribution < -0.4 is 5.32 Å². The smallest absolute Gasteiger partial charge is 0.251 e. The molecule has 2 atom stereocenters. The van der Waals surface area contributed by atoms with Gasteiger partial charge in [-0.25, -0.2) is 4.98 Å². The third-order valence-electron chi connectivity index (χ3n) is 3.11. The summed E-state index contributed by atoms with van der Waals surface area (Å²) in [6, 6.07) is 6.80. The quantitative estimate of drug-likeness (QED) is 0.918. The van der Waals surface area contributed by atoms with Crippen LogP contribution in [0.4, 0.5) is 0 Å². The third kappa shape index (κ3) is 3.95. The van der Waals surface area contributed by atoms with Gasteiger partial charge in [0.2, 0.25) is 0 Å². The second kappa shape index (κ2) is 7.08. The maximum absolute atomic E-state index is 12.2. The number of nitrogens with zero attached hydrogens (tertiary/aromatic N) is 2. The first kappa shape index (κ1) is 15.3. The van der Waals surface area contributed by atoms with E-state index >= 15 is 0 Å². The number of amides is 1. The van der Waals surface area contributed by atoms with Crippen LogP contribution in [0, 0.1) is 0 Å². The molecule has 0 aromatic carbocycles. The molecule has 0 bridgehead atoms. The Morgan fingerprint density at radius 1 is 1.29 bits per heavy atom. The zero-order valence-corrected chi connectivity index (χ0v) is 12.8. The molecule has 21 heavy (non-hydrogen) atoms. The molecular formula is C15H17N3O2S. The summed E-state index contributed by atoms with van der Waals surface area (Å²) in [6.07, 6.45) is 7.10. The van der Waals surface area contributed by atoms with E-state index in [0.717, 1.165) is 12.0 Å². The first-order valence-electron chi connectivity index (χ1n) is 6.62. The van der Waals surface area contributed by atoms with Crippen molar-refractivity contribution in [3.63, 3.8) is 0 Å². The minimum absolute atomic E-state index is 0.143. The Hall–Kier alpha value is -2.08. The predicted molar refractivity (Wildman–Crippen MR) is 81.3 cm³/mol. The van der Waals surface area contributed by atoms with Crippen LogP contribution in [0.15, 0.2) is 47.9 Å². The van der Waals surface area contributed by atoms with E-state index in [1.54, 1.807) is 43.0 Å². The lowest BCUT2D eigenvalue weighted by atomic mass is 10.1. The minimum Gasteiger partial charge on any atom is -0.345 e. The highest BCUT2D eigenvalue weighted by atomic mass is 32.2. The van der Waals surface area contributed by atoms with Crippen LogP contribution in [-0.4, -0.2) is 26.3 Å². The van der Waals surface area contributed by atoms with E-state index in [-0.39, 0.29) is 11.9 Å². The second-order valence-electron chi connectivity index (χ2n) is 4.55. The van der Waals surface area contributed by atoms with E-state index in [1.807, 2.05) is 13.0 Å². The Bertz CT molecular complexity index is 646. The van der Waals surface area contributed by atoms with Crippen molar-refractivity contribution >= 4 is 16.7 Å². The summed E-state index contributed by atoms with van der Waals surface area (Å²) in [7, 11) is -1.14. The highest BCUT2D eigenvalue weighted by Gasteiger charge is 2.15. The van der Waals surface area contributed by atoms with E-state index in [0.29, 0.717) is 10.6 Å². The number of aromatic nitrogens is 2. The molecule has 0 aliphatic carbocycles. The number of carbonyl (C=O) groups excluding carboxylic acids is 1. The van der Waals surface area contributed by atoms with Crippen molar-refractivity contribution in [2.24, 2.45) is 0 Å². The molecule has 0 aliphatic rings. The van der Waals surface area contributed by atoms with E-state index < -0.39 is 10.8 Å². The molecule has 1 amide bonds. The van der Waals surface area contributed by atoms with Gasteiger partial charge >= 0.3 is 0 Å². The van der Waals surface area contributed by atoms with Crippen LogP contribution in [0.25, 0.3) is 0 Å². The molecule has 2 aromatic heterocycles. The Balaban J connectivity index is 2.18. The van der Waals surface area contributed by atoms with E-state index in [9.17, 15) is 9.00 Å². The molecule has 0 radical (unpaired) electrons. The summed E-state index contributed by atoms with van der Waals surface area (Å²) >= 11 is 0. The van der Waals surface area contributed by atoms with Crippen LogP contribution in [0.1, 0.15) is 35.3 Å². The van der Waals surface area contributed by atoms with Crippen molar-refractivity contribution in [2.75, 3.05) is 6.26 Å². The number of carbonyl (C=O) groups is 1. The molecule has 2 heterocycles. The van der Waals surface area contributed by atoms with Gasteiger partial charge in [-0.1, -0.05) is 6.92 Å². The summed E-state index contributed by atoms with van der Waals surface area (Å²) in [6.45, 7) is 1.99. The molecule has 2 rings (SSSR count). The van der Waals surface area contributed by atoms with Gasteiger partial charge in [0, 0.05) is 30.4 Å². The summed E-state index contributed by atoms with van der Waals surface area (Å²) in [4.78, 5) is 20.2. The number of hydrogen-bond acceptors (Lipinski definition) is 4. The number of nitrogens with one attached hydrogen (secondary N) is 1. The van der Waals surface area contributed by atoms with Crippen LogP contribution in [0.2, 0.25) is 0 Å². The van der Waals surface area contributed by atoms with Gasteiger partial charge in [0.1, 0.15) is 5.03 Å². The average Bonchev–Trinajstić information content (AvgIpc) is 2.53. The Morgan fingerprint density at radius 3 is 2.62 bits per heavy atom. The van der Waals surface area contributed by atoms with Crippen molar-refractivity contribution in [3.8, 4) is 0 Å². The van der Waals surface area contributed by atoms with Crippen molar-refractivity contribution in [2.45, 2.75) is 24.4 Å². The predicted octanol–water partition coefficient (Wildman–Crippen LogP) is 2.10. The van der Waals surface area contributed by atoms with E-state index in [4.69, 9.17) is 0 Å². The van der Waals surface area contributed by atoms with Gasteiger partial charge in [0.15, 0.2) is 0 Å². The Labute approximate surface area is 126 Å². The van der Waals surface area contributed by atoms with Gasteiger partial charge in [-0.05, 0) is 36.2 Å². The van der Waals surface area contributed by atoms with Gasteiger partial charge in [0.05, 0.1) is 16.8 Å². The van der Waals surface area contributed by atoms with Crippen LogP contribution in [-0.2, 0) is 10.8 Å². The van der Waals surface area contributed by atoms with Gasteiger partial charge < -0.3 is 5.32 Å². The highest BCUT2D eigenvalue weighted by Crippen LogP contribution is 2.18. The molecule has 0 fully saturated rings. The standard InChI is InChI=1S/C15H17N3O2S/c1-3-13(12-6-9-17-14(10-12)21(2)20)18-15(19)11-4-7-16-8-5-11/h4-10,13H,3H2,1-2H3,(H,18,19)/t13-,21+/m0/s1. The SMILES string of the molecule is CC[C@H](NC(=O)c1ccncc1)c1ccnc([S@@](C)=O)c1.